The molecule has 0 atom stereocenters. The zero-order valence-electron chi connectivity index (χ0n) is 13.9. The van der Waals surface area contributed by atoms with Gasteiger partial charge in [-0.05, 0) is 24.6 Å². The summed E-state index contributed by atoms with van der Waals surface area (Å²) in [6.45, 7) is 3.41. The predicted molar refractivity (Wildman–Crippen MR) is 96.5 cm³/mol. The lowest BCUT2D eigenvalue weighted by molar-refractivity contribution is 0.591. The van der Waals surface area contributed by atoms with E-state index in [1.54, 1.807) is 0 Å². The summed E-state index contributed by atoms with van der Waals surface area (Å²) in [7, 11) is 0. The van der Waals surface area contributed by atoms with Crippen LogP contribution in [0.15, 0.2) is 64.2 Å². The van der Waals surface area contributed by atoms with E-state index in [1.807, 2.05) is 66.4 Å². The fourth-order valence-corrected chi connectivity index (χ4v) is 3.06. The topological polar surface area (TPSA) is 60.1 Å². The van der Waals surface area contributed by atoms with Crippen LogP contribution in [0.5, 0.6) is 0 Å². The Hall–Kier alpha value is -3.15. The number of nitrogens with zero attached hydrogens (tertiary/aromatic N) is 4. The summed E-state index contributed by atoms with van der Waals surface area (Å²) < 4.78 is 2.72. The number of rotatable bonds is 3. The molecule has 0 saturated heterocycles. The molecule has 0 fully saturated rings. The maximum atomic E-state index is 12.5. The van der Waals surface area contributed by atoms with Gasteiger partial charge < -0.3 is 4.90 Å². The van der Waals surface area contributed by atoms with Crippen molar-refractivity contribution in [2.24, 2.45) is 0 Å². The lowest BCUT2D eigenvalue weighted by Gasteiger charge is -2.18. The van der Waals surface area contributed by atoms with Crippen LogP contribution in [0.3, 0.4) is 0 Å². The maximum absolute atomic E-state index is 12.5. The number of benzene rings is 2. The molecule has 25 heavy (non-hydrogen) atoms. The van der Waals surface area contributed by atoms with Gasteiger partial charge in [-0.25, -0.2) is 4.68 Å². The maximum Gasteiger partial charge on any atom is 0.333 e. The number of anilines is 2. The van der Waals surface area contributed by atoms with Crippen molar-refractivity contribution in [3.63, 3.8) is 0 Å². The third-order valence-corrected chi connectivity index (χ3v) is 4.42. The molecule has 0 radical (unpaired) electrons. The fraction of sp³-hybridized carbons (Fsp3) is 0.211. The molecule has 1 aromatic heterocycles. The van der Waals surface area contributed by atoms with Crippen LogP contribution >= 0.6 is 0 Å². The SMILES string of the molecule is Cc1ccc(N2CCn3c2nn(Cc2ccccc2)c(=O)c3=O)cc1. The van der Waals surface area contributed by atoms with E-state index < -0.39 is 11.1 Å². The molecule has 0 unspecified atom stereocenters. The molecule has 0 N–H and O–H groups in total. The zero-order chi connectivity index (χ0) is 17.4. The van der Waals surface area contributed by atoms with Gasteiger partial charge >= 0.3 is 11.1 Å². The third-order valence-electron chi connectivity index (χ3n) is 4.42. The first-order valence-corrected chi connectivity index (χ1v) is 8.23. The molecule has 2 aromatic carbocycles. The quantitative estimate of drug-likeness (QED) is 0.687. The van der Waals surface area contributed by atoms with Crippen molar-refractivity contribution in [1.29, 1.82) is 0 Å². The van der Waals surface area contributed by atoms with Gasteiger partial charge in [-0.15, -0.1) is 5.10 Å². The van der Waals surface area contributed by atoms with Crippen LogP contribution < -0.4 is 16.0 Å². The predicted octanol–water partition coefficient (Wildman–Crippen LogP) is 1.91. The van der Waals surface area contributed by atoms with E-state index in [0.717, 1.165) is 11.3 Å². The average molecular weight is 334 g/mol. The molecular weight excluding hydrogens is 316 g/mol. The number of hydrogen-bond acceptors (Lipinski definition) is 4. The second-order valence-corrected chi connectivity index (χ2v) is 6.19. The highest BCUT2D eigenvalue weighted by atomic mass is 16.2. The van der Waals surface area contributed by atoms with Gasteiger partial charge in [0.25, 0.3) is 0 Å². The minimum absolute atomic E-state index is 0.282. The Bertz CT molecular complexity index is 1020. The Morgan fingerprint density at radius 3 is 2.36 bits per heavy atom. The van der Waals surface area contributed by atoms with Gasteiger partial charge in [0.1, 0.15) is 0 Å². The van der Waals surface area contributed by atoms with E-state index in [-0.39, 0.29) is 6.54 Å². The summed E-state index contributed by atoms with van der Waals surface area (Å²) in [5.74, 6) is 0.518. The first-order chi connectivity index (χ1) is 12.1. The highest BCUT2D eigenvalue weighted by Gasteiger charge is 2.25. The molecule has 0 aliphatic carbocycles. The normalized spacial score (nSPS) is 13.1. The van der Waals surface area contributed by atoms with Crippen LogP contribution in [0.1, 0.15) is 11.1 Å². The standard InChI is InChI=1S/C19H18N4O2/c1-14-7-9-16(10-8-14)21-11-12-22-17(24)18(25)23(20-19(21)22)13-15-5-3-2-4-6-15/h2-10H,11-13H2,1H3. The van der Waals surface area contributed by atoms with E-state index in [4.69, 9.17) is 0 Å². The van der Waals surface area contributed by atoms with Crippen LogP contribution in [0.4, 0.5) is 11.6 Å². The smallest absolute Gasteiger partial charge is 0.309 e. The molecule has 126 valence electrons. The third kappa shape index (κ3) is 2.76. The van der Waals surface area contributed by atoms with E-state index >= 15 is 0 Å². The van der Waals surface area contributed by atoms with Crippen molar-refractivity contribution in [3.05, 3.63) is 86.4 Å². The largest absolute Gasteiger partial charge is 0.333 e. The Labute approximate surface area is 144 Å². The van der Waals surface area contributed by atoms with Gasteiger partial charge in [-0.3, -0.25) is 14.2 Å². The van der Waals surface area contributed by atoms with E-state index in [9.17, 15) is 9.59 Å². The summed E-state index contributed by atoms with van der Waals surface area (Å²) in [5.41, 5.74) is 1.96. The van der Waals surface area contributed by atoms with Gasteiger partial charge in [0, 0.05) is 18.8 Å². The van der Waals surface area contributed by atoms with Crippen molar-refractivity contribution < 1.29 is 0 Å². The summed E-state index contributed by atoms with van der Waals surface area (Å²) >= 11 is 0. The molecule has 1 aliphatic heterocycles. The first kappa shape index (κ1) is 15.4. The van der Waals surface area contributed by atoms with Crippen LogP contribution in [0.2, 0.25) is 0 Å². The first-order valence-electron chi connectivity index (χ1n) is 8.23. The summed E-state index contributed by atoms with van der Waals surface area (Å²) in [5, 5.41) is 4.48. The molecule has 0 spiro atoms. The van der Waals surface area contributed by atoms with Crippen LogP contribution in [0, 0.1) is 6.92 Å². The number of aryl methyl sites for hydroxylation is 1. The number of aromatic nitrogens is 3. The molecule has 4 rings (SSSR count). The van der Waals surface area contributed by atoms with Crippen LogP contribution in [-0.4, -0.2) is 20.9 Å². The Balaban J connectivity index is 1.78. The molecule has 3 aromatic rings. The minimum atomic E-state index is -0.585. The number of fused-ring (bicyclic) bond motifs is 1. The Morgan fingerprint density at radius 1 is 0.920 bits per heavy atom. The summed E-state index contributed by atoms with van der Waals surface area (Å²) in [6.07, 6.45) is 0. The van der Waals surface area contributed by atoms with Crippen molar-refractivity contribution in [2.75, 3.05) is 11.4 Å². The summed E-state index contributed by atoms with van der Waals surface area (Å²) in [4.78, 5) is 26.8. The molecule has 0 amide bonds. The number of hydrogen-bond donors (Lipinski definition) is 0. The van der Waals surface area contributed by atoms with E-state index in [0.29, 0.717) is 19.0 Å². The Morgan fingerprint density at radius 2 is 1.64 bits per heavy atom. The van der Waals surface area contributed by atoms with Gasteiger partial charge in [0.15, 0.2) is 0 Å². The average Bonchev–Trinajstić information content (AvgIpc) is 3.05. The van der Waals surface area contributed by atoms with Gasteiger partial charge in [0.2, 0.25) is 5.95 Å². The van der Waals surface area contributed by atoms with Crippen molar-refractivity contribution in [1.82, 2.24) is 14.3 Å². The van der Waals surface area contributed by atoms with Crippen molar-refractivity contribution >= 4 is 11.6 Å². The van der Waals surface area contributed by atoms with Gasteiger partial charge in [0.05, 0.1) is 6.54 Å². The second kappa shape index (κ2) is 6.05. The van der Waals surface area contributed by atoms with E-state index in [2.05, 4.69) is 5.10 Å². The van der Waals surface area contributed by atoms with Crippen LogP contribution in [0.25, 0.3) is 0 Å². The van der Waals surface area contributed by atoms with Gasteiger partial charge in [-0.2, -0.15) is 0 Å². The lowest BCUT2D eigenvalue weighted by Crippen LogP contribution is -2.42. The zero-order valence-corrected chi connectivity index (χ0v) is 13.9. The molecule has 6 nitrogen and oxygen atoms in total. The Kier molecular flexibility index (Phi) is 3.72. The molecule has 6 heteroatoms. The lowest BCUT2D eigenvalue weighted by atomic mass is 10.2. The molecule has 0 saturated carbocycles. The summed E-state index contributed by atoms with van der Waals surface area (Å²) in [6, 6.07) is 17.6. The molecule has 0 bridgehead atoms. The minimum Gasteiger partial charge on any atom is -0.309 e. The molecular formula is C19H18N4O2. The molecule has 1 aliphatic rings. The highest BCUT2D eigenvalue weighted by molar-refractivity contribution is 5.59. The second-order valence-electron chi connectivity index (χ2n) is 6.19. The van der Waals surface area contributed by atoms with Crippen LogP contribution in [-0.2, 0) is 13.1 Å². The fourth-order valence-electron chi connectivity index (χ4n) is 3.06. The highest BCUT2D eigenvalue weighted by Crippen LogP contribution is 2.26. The monoisotopic (exact) mass is 334 g/mol. The van der Waals surface area contributed by atoms with Gasteiger partial charge in [-0.1, -0.05) is 48.0 Å². The van der Waals surface area contributed by atoms with Crippen molar-refractivity contribution in [3.8, 4) is 0 Å². The van der Waals surface area contributed by atoms with E-state index in [1.165, 1.54) is 14.8 Å². The molecule has 2 heterocycles. The van der Waals surface area contributed by atoms with Crippen molar-refractivity contribution in [2.45, 2.75) is 20.0 Å².